The molecule has 0 unspecified atom stereocenters. The lowest BCUT2D eigenvalue weighted by atomic mass is 10.2. The van der Waals surface area contributed by atoms with Crippen molar-refractivity contribution in [1.82, 2.24) is 5.32 Å². The van der Waals surface area contributed by atoms with Crippen LogP contribution in [0.3, 0.4) is 0 Å². The number of esters is 1. The molecule has 0 aliphatic heterocycles. The van der Waals surface area contributed by atoms with Gasteiger partial charge in [0, 0.05) is 17.7 Å². The molecule has 0 spiro atoms. The molecule has 0 saturated heterocycles. The highest BCUT2D eigenvalue weighted by Crippen LogP contribution is 2.18. The fourth-order valence-corrected chi connectivity index (χ4v) is 1.58. The van der Waals surface area contributed by atoms with E-state index in [1.807, 2.05) is 0 Å². The number of rotatable bonds is 5. The number of hydrogen-bond acceptors (Lipinski definition) is 3. The van der Waals surface area contributed by atoms with Crippen molar-refractivity contribution in [2.75, 3.05) is 0 Å². The zero-order valence-electron chi connectivity index (χ0n) is 11.1. The maximum Gasteiger partial charge on any atom is 0.331 e. The van der Waals surface area contributed by atoms with Crippen LogP contribution in [0, 0.1) is 5.82 Å². The summed E-state index contributed by atoms with van der Waals surface area (Å²) in [6.45, 7) is 1.51. The van der Waals surface area contributed by atoms with Crippen molar-refractivity contribution in [2.45, 2.75) is 31.9 Å². The normalized spacial score (nSPS) is 15.9. The van der Waals surface area contributed by atoms with Crippen molar-refractivity contribution >= 4 is 18.0 Å². The second-order valence-corrected chi connectivity index (χ2v) is 4.72. The lowest BCUT2D eigenvalue weighted by Crippen LogP contribution is -2.36. The van der Waals surface area contributed by atoms with E-state index in [4.69, 9.17) is 4.74 Å². The lowest BCUT2D eigenvalue weighted by Gasteiger charge is -2.11. The number of nitrogens with one attached hydrogen (secondary N) is 1. The summed E-state index contributed by atoms with van der Waals surface area (Å²) < 4.78 is 18.3. The van der Waals surface area contributed by atoms with E-state index in [-0.39, 0.29) is 11.9 Å². The molecule has 1 N–H and O–H groups in total. The van der Waals surface area contributed by atoms with Gasteiger partial charge in [0.1, 0.15) is 5.82 Å². The number of amides is 1. The van der Waals surface area contributed by atoms with Gasteiger partial charge in [0.15, 0.2) is 6.10 Å². The summed E-state index contributed by atoms with van der Waals surface area (Å²) in [5.41, 5.74) is 0.291. The summed E-state index contributed by atoms with van der Waals surface area (Å²) >= 11 is 0. The number of carbonyl (C=O) groups excluding carboxylic acids is 2. The standard InChI is InChI=1S/C15H16FNO3/c1-10(15(19)17-12-7-8-12)20-14(18)9-6-11-4-2-3-5-13(11)16/h2-6,9-10,12H,7-8H2,1H3,(H,17,19)/b9-6+/t10-/m1/s1. The molecule has 0 bridgehead atoms. The lowest BCUT2D eigenvalue weighted by molar-refractivity contribution is -0.150. The first-order chi connectivity index (χ1) is 9.56. The second kappa shape index (κ2) is 6.32. The van der Waals surface area contributed by atoms with E-state index in [9.17, 15) is 14.0 Å². The van der Waals surface area contributed by atoms with Crippen molar-refractivity contribution in [1.29, 1.82) is 0 Å². The Hall–Kier alpha value is -2.17. The molecule has 1 fully saturated rings. The number of ether oxygens (including phenoxy) is 1. The first-order valence-corrected chi connectivity index (χ1v) is 6.50. The van der Waals surface area contributed by atoms with Gasteiger partial charge in [0.2, 0.25) is 0 Å². The molecule has 1 aliphatic rings. The van der Waals surface area contributed by atoms with Crippen LogP contribution in [0.4, 0.5) is 4.39 Å². The second-order valence-electron chi connectivity index (χ2n) is 4.72. The Kier molecular flexibility index (Phi) is 4.50. The van der Waals surface area contributed by atoms with E-state index in [1.165, 1.54) is 19.1 Å². The van der Waals surface area contributed by atoms with Crippen molar-refractivity contribution in [2.24, 2.45) is 0 Å². The first-order valence-electron chi connectivity index (χ1n) is 6.50. The Bertz CT molecular complexity index is 538. The average Bonchev–Trinajstić information content (AvgIpc) is 3.21. The van der Waals surface area contributed by atoms with Crippen LogP contribution in [0.15, 0.2) is 30.3 Å². The quantitative estimate of drug-likeness (QED) is 0.662. The van der Waals surface area contributed by atoms with Gasteiger partial charge in [-0.15, -0.1) is 0 Å². The minimum absolute atomic E-state index is 0.220. The van der Waals surface area contributed by atoms with Gasteiger partial charge in [0.05, 0.1) is 0 Å². The summed E-state index contributed by atoms with van der Waals surface area (Å²) in [5.74, 6) is -1.40. The smallest absolute Gasteiger partial charge is 0.331 e. The Labute approximate surface area is 116 Å². The number of carbonyl (C=O) groups is 2. The van der Waals surface area contributed by atoms with E-state index in [2.05, 4.69) is 5.32 Å². The minimum Gasteiger partial charge on any atom is -0.449 e. The molecule has 106 valence electrons. The van der Waals surface area contributed by atoms with E-state index in [0.717, 1.165) is 18.9 Å². The Morgan fingerprint density at radius 3 is 2.75 bits per heavy atom. The zero-order valence-corrected chi connectivity index (χ0v) is 11.1. The maximum atomic E-state index is 13.3. The summed E-state index contributed by atoms with van der Waals surface area (Å²) in [6.07, 6.45) is 3.52. The monoisotopic (exact) mass is 277 g/mol. The summed E-state index contributed by atoms with van der Waals surface area (Å²) in [5, 5.41) is 2.74. The van der Waals surface area contributed by atoms with E-state index in [0.29, 0.717) is 5.56 Å². The molecule has 0 aromatic heterocycles. The molecule has 2 rings (SSSR count). The summed E-state index contributed by atoms with van der Waals surface area (Å²) in [7, 11) is 0. The van der Waals surface area contributed by atoms with Crippen LogP contribution < -0.4 is 5.32 Å². The molecule has 0 radical (unpaired) electrons. The van der Waals surface area contributed by atoms with Crippen LogP contribution in [0.1, 0.15) is 25.3 Å². The predicted octanol–water partition coefficient (Wildman–Crippen LogP) is 2.05. The number of halogens is 1. The third-order valence-corrected chi connectivity index (χ3v) is 2.89. The molecule has 1 aliphatic carbocycles. The van der Waals surface area contributed by atoms with Crippen LogP contribution in [-0.4, -0.2) is 24.0 Å². The van der Waals surface area contributed by atoms with Gasteiger partial charge < -0.3 is 10.1 Å². The summed E-state index contributed by atoms with van der Waals surface area (Å²) in [4.78, 5) is 23.1. The molecular weight excluding hydrogens is 261 g/mol. The van der Waals surface area contributed by atoms with Gasteiger partial charge in [-0.2, -0.15) is 0 Å². The largest absolute Gasteiger partial charge is 0.449 e. The molecule has 1 saturated carbocycles. The fraction of sp³-hybridized carbons (Fsp3) is 0.333. The SMILES string of the molecule is C[C@@H](OC(=O)/C=C/c1ccccc1F)C(=O)NC1CC1. The molecular formula is C15H16FNO3. The Morgan fingerprint density at radius 2 is 2.10 bits per heavy atom. The molecule has 1 atom stereocenters. The molecule has 4 nitrogen and oxygen atoms in total. The summed E-state index contributed by atoms with van der Waals surface area (Å²) in [6, 6.07) is 6.30. The van der Waals surface area contributed by atoms with Crippen LogP contribution in [0.2, 0.25) is 0 Å². The minimum atomic E-state index is -0.853. The molecule has 5 heteroatoms. The predicted molar refractivity (Wildman–Crippen MR) is 72.2 cm³/mol. The van der Waals surface area contributed by atoms with Gasteiger partial charge in [-0.3, -0.25) is 4.79 Å². The molecule has 0 heterocycles. The average molecular weight is 277 g/mol. The van der Waals surface area contributed by atoms with Crippen LogP contribution in [0.5, 0.6) is 0 Å². The van der Waals surface area contributed by atoms with Crippen molar-refractivity contribution in [3.8, 4) is 0 Å². The van der Waals surface area contributed by atoms with Crippen LogP contribution in [0.25, 0.3) is 6.08 Å². The van der Waals surface area contributed by atoms with Crippen molar-refractivity contribution in [3.63, 3.8) is 0 Å². The van der Waals surface area contributed by atoms with Crippen molar-refractivity contribution < 1.29 is 18.7 Å². The topological polar surface area (TPSA) is 55.4 Å². The third-order valence-electron chi connectivity index (χ3n) is 2.89. The fourth-order valence-electron chi connectivity index (χ4n) is 1.58. The third kappa shape index (κ3) is 4.19. The molecule has 1 amide bonds. The Balaban J connectivity index is 1.85. The van der Waals surface area contributed by atoms with Gasteiger partial charge >= 0.3 is 5.97 Å². The van der Waals surface area contributed by atoms with Gasteiger partial charge in [-0.1, -0.05) is 18.2 Å². The van der Waals surface area contributed by atoms with E-state index >= 15 is 0 Å². The molecule has 20 heavy (non-hydrogen) atoms. The van der Waals surface area contributed by atoms with Crippen LogP contribution >= 0.6 is 0 Å². The maximum absolute atomic E-state index is 13.3. The molecule has 1 aromatic rings. The number of hydrogen-bond donors (Lipinski definition) is 1. The zero-order chi connectivity index (χ0) is 14.5. The highest BCUT2D eigenvalue weighted by atomic mass is 19.1. The molecule has 1 aromatic carbocycles. The Morgan fingerprint density at radius 1 is 1.40 bits per heavy atom. The van der Waals surface area contributed by atoms with Gasteiger partial charge in [-0.25, -0.2) is 9.18 Å². The van der Waals surface area contributed by atoms with Gasteiger partial charge in [0.25, 0.3) is 5.91 Å². The number of benzene rings is 1. The first kappa shape index (κ1) is 14.2. The van der Waals surface area contributed by atoms with Crippen LogP contribution in [-0.2, 0) is 14.3 Å². The highest BCUT2D eigenvalue weighted by molar-refractivity contribution is 5.90. The highest BCUT2D eigenvalue weighted by Gasteiger charge is 2.26. The van der Waals surface area contributed by atoms with E-state index < -0.39 is 17.9 Å². The van der Waals surface area contributed by atoms with E-state index in [1.54, 1.807) is 18.2 Å². The van der Waals surface area contributed by atoms with Crippen molar-refractivity contribution in [3.05, 3.63) is 41.7 Å². The van der Waals surface area contributed by atoms with Gasteiger partial charge in [-0.05, 0) is 31.9 Å².